The van der Waals surface area contributed by atoms with Crippen molar-refractivity contribution in [1.29, 1.82) is 0 Å². The fraction of sp³-hybridized carbons (Fsp3) is 0.478. The van der Waals surface area contributed by atoms with Gasteiger partial charge in [0.05, 0.1) is 25.4 Å². The minimum Gasteiger partial charge on any atom is -0.468 e. The van der Waals surface area contributed by atoms with Crippen LogP contribution in [-0.2, 0) is 11.3 Å². The molecule has 31 heavy (non-hydrogen) atoms. The van der Waals surface area contributed by atoms with Crippen LogP contribution in [0.4, 0.5) is 0 Å². The Morgan fingerprint density at radius 2 is 1.84 bits per heavy atom. The summed E-state index contributed by atoms with van der Waals surface area (Å²) >= 11 is 0. The van der Waals surface area contributed by atoms with Gasteiger partial charge in [0.15, 0.2) is 5.96 Å². The van der Waals surface area contributed by atoms with Crippen LogP contribution in [0.3, 0.4) is 0 Å². The molecule has 170 valence electrons. The number of aliphatic imine (C=N–C) groups is 1. The molecule has 2 heterocycles. The maximum Gasteiger partial charge on any atom is 0.241 e. The lowest BCUT2D eigenvalue weighted by Crippen LogP contribution is -2.46. The highest BCUT2D eigenvalue weighted by atomic mass is 127. The average Bonchev–Trinajstić information content (AvgIpc) is 3.31. The van der Waals surface area contributed by atoms with Crippen molar-refractivity contribution in [1.82, 2.24) is 20.4 Å². The van der Waals surface area contributed by atoms with Gasteiger partial charge in [-0.05, 0) is 43.6 Å². The molecule has 0 radical (unpaired) electrons. The molecule has 0 saturated carbocycles. The first-order valence-corrected chi connectivity index (χ1v) is 10.7. The molecule has 0 spiro atoms. The van der Waals surface area contributed by atoms with Crippen LogP contribution in [0.2, 0.25) is 0 Å². The van der Waals surface area contributed by atoms with E-state index in [0.29, 0.717) is 19.0 Å². The van der Waals surface area contributed by atoms with Gasteiger partial charge in [0.1, 0.15) is 5.76 Å². The van der Waals surface area contributed by atoms with Crippen molar-refractivity contribution < 1.29 is 9.21 Å². The van der Waals surface area contributed by atoms with Crippen LogP contribution in [0, 0.1) is 0 Å². The van der Waals surface area contributed by atoms with E-state index in [1.165, 1.54) is 19.3 Å². The van der Waals surface area contributed by atoms with Gasteiger partial charge >= 0.3 is 0 Å². The fourth-order valence-corrected chi connectivity index (χ4v) is 3.56. The predicted molar refractivity (Wildman–Crippen MR) is 135 cm³/mol. The lowest BCUT2D eigenvalue weighted by Gasteiger charge is -2.33. The molecule has 1 fully saturated rings. The average molecular weight is 539 g/mol. The molecule has 1 unspecified atom stereocenters. The van der Waals surface area contributed by atoms with Crippen molar-refractivity contribution in [3.05, 3.63) is 60.1 Å². The first kappa shape index (κ1) is 25.2. The number of nitrogens with zero attached hydrogens (tertiary/aromatic N) is 3. The summed E-state index contributed by atoms with van der Waals surface area (Å²) in [5.74, 6) is 1.58. The zero-order valence-electron chi connectivity index (χ0n) is 18.4. The molecule has 1 amide bonds. The Kier molecular flexibility index (Phi) is 10.9. The number of amides is 1. The summed E-state index contributed by atoms with van der Waals surface area (Å²) in [5.41, 5.74) is 1.12. The molecule has 1 aromatic carbocycles. The summed E-state index contributed by atoms with van der Waals surface area (Å²) in [6, 6.07) is 14.2. The molecular formula is C23H34IN5O2. The number of carbonyl (C=O) groups is 1. The van der Waals surface area contributed by atoms with Crippen LogP contribution < -0.4 is 10.6 Å². The van der Waals surface area contributed by atoms with Crippen molar-refractivity contribution in [3.63, 3.8) is 0 Å². The van der Waals surface area contributed by atoms with E-state index < -0.39 is 0 Å². The van der Waals surface area contributed by atoms with Gasteiger partial charge < -0.3 is 20.0 Å². The maximum atomic E-state index is 12.1. The number of guanidine groups is 1. The molecule has 1 aliphatic heterocycles. The Morgan fingerprint density at radius 3 is 2.48 bits per heavy atom. The Balaban J connectivity index is 0.00000341. The van der Waals surface area contributed by atoms with Crippen LogP contribution in [-0.4, -0.2) is 61.9 Å². The van der Waals surface area contributed by atoms with Crippen molar-refractivity contribution in [2.75, 3.05) is 40.3 Å². The second kappa shape index (κ2) is 13.4. The van der Waals surface area contributed by atoms with Crippen molar-refractivity contribution in [2.24, 2.45) is 4.99 Å². The lowest BCUT2D eigenvalue weighted by atomic mass is 10.1. The van der Waals surface area contributed by atoms with Gasteiger partial charge in [-0.1, -0.05) is 36.8 Å². The molecule has 1 saturated heterocycles. The Morgan fingerprint density at radius 1 is 1.10 bits per heavy atom. The minimum absolute atomic E-state index is 0. The van der Waals surface area contributed by atoms with E-state index in [0.717, 1.165) is 24.4 Å². The smallest absolute Gasteiger partial charge is 0.241 e. The predicted octanol–water partition coefficient (Wildman–Crippen LogP) is 3.25. The van der Waals surface area contributed by atoms with Crippen LogP contribution in [0.25, 0.3) is 0 Å². The number of hydrogen-bond acceptors (Lipinski definition) is 4. The lowest BCUT2D eigenvalue weighted by molar-refractivity contribution is -0.127. The molecule has 8 heteroatoms. The number of likely N-dealkylation sites (tertiary alicyclic amines) is 1. The fourth-order valence-electron chi connectivity index (χ4n) is 3.56. The van der Waals surface area contributed by atoms with E-state index in [9.17, 15) is 4.79 Å². The van der Waals surface area contributed by atoms with E-state index in [-0.39, 0.29) is 42.5 Å². The summed E-state index contributed by atoms with van der Waals surface area (Å²) in [5, 5.41) is 6.61. The maximum absolute atomic E-state index is 12.1. The Labute approximate surface area is 202 Å². The number of piperidine rings is 1. The summed E-state index contributed by atoms with van der Waals surface area (Å²) < 4.78 is 5.74. The number of furan rings is 1. The monoisotopic (exact) mass is 539 g/mol. The van der Waals surface area contributed by atoms with Gasteiger partial charge in [-0.25, -0.2) is 4.99 Å². The van der Waals surface area contributed by atoms with Gasteiger partial charge in [0.2, 0.25) is 5.91 Å². The zero-order valence-corrected chi connectivity index (χ0v) is 20.7. The quantitative estimate of drug-likeness (QED) is 0.306. The molecule has 1 aromatic heterocycles. The van der Waals surface area contributed by atoms with Crippen LogP contribution in [0.1, 0.15) is 36.6 Å². The largest absolute Gasteiger partial charge is 0.468 e. The van der Waals surface area contributed by atoms with Gasteiger partial charge in [-0.2, -0.15) is 0 Å². The van der Waals surface area contributed by atoms with Gasteiger partial charge in [-0.3, -0.25) is 9.69 Å². The normalized spacial score (nSPS) is 15.6. The molecular weight excluding hydrogens is 505 g/mol. The summed E-state index contributed by atoms with van der Waals surface area (Å²) in [6.07, 6.45) is 5.43. The van der Waals surface area contributed by atoms with Crippen LogP contribution in [0.5, 0.6) is 0 Å². The molecule has 7 nitrogen and oxygen atoms in total. The number of halogens is 1. The number of rotatable bonds is 8. The molecule has 1 atom stereocenters. The topological polar surface area (TPSA) is 73.1 Å². The second-order valence-corrected chi connectivity index (χ2v) is 7.80. The van der Waals surface area contributed by atoms with E-state index in [1.807, 2.05) is 42.5 Å². The molecule has 1 aliphatic rings. The first-order valence-electron chi connectivity index (χ1n) is 10.7. The molecule has 2 N–H and O–H groups in total. The third-order valence-electron chi connectivity index (χ3n) is 5.33. The number of carbonyl (C=O) groups excluding carboxylic acids is 1. The van der Waals surface area contributed by atoms with Gasteiger partial charge in [0.25, 0.3) is 0 Å². The highest BCUT2D eigenvalue weighted by Gasteiger charge is 2.24. The SMILES string of the molecule is CN(C)C(=O)CNC(=NCc1ccccc1)NCC(c1ccco1)N1CCCCC1.I. The molecule has 0 bridgehead atoms. The van der Waals surface area contributed by atoms with E-state index in [2.05, 4.69) is 15.5 Å². The summed E-state index contributed by atoms with van der Waals surface area (Å²) in [7, 11) is 3.50. The zero-order chi connectivity index (χ0) is 21.2. The van der Waals surface area contributed by atoms with Gasteiger partial charge in [-0.15, -0.1) is 24.0 Å². The van der Waals surface area contributed by atoms with E-state index in [1.54, 1.807) is 25.3 Å². The van der Waals surface area contributed by atoms with E-state index >= 15 is 0 Å². The van der Waals surface area contributed by atoms with Crippen molar-refractivity contribution in [3.8, 4) is 0 Å². The Hall–Kier alpha value is -2.07. The standard InChI is InChI=1S/C23H33N5O2.HI/c1-27(2)22(29)18-26-23(24-16-19-10-5-3-6-11-19)25-17-20(21-12-9-15-30-21)28-13-7-4-8-14-28;/h3,5-6,9-12,15,20H,4,7-8,13-14,16-18H2,1-2H3,(H2,24,25,26);1H. The molecule has 0 aliphatic carbocycles. The van der Waals surface area contributed by atoms with Crippen LogP contribution in [0.15, 0.2) is 58.1 Å². The molecule has 3 rings (SSSR count). The molecule has 2 aromatic rings. The number of benzene rings is 1. The first-order chi connectivity index (χ1) is 14.6. The third-order valence-corrected chi connectivity index (χ3v) is 5.33. The van der Waals surface area contributed by atoms with E-state index in [4.69, 9.17) is 9.41 Å². The minimum atomic E-state index is 0. The number of hydrogen-bond donors (Lipinski definition) is 2. The van der Waals surface area contributed by atoms with Crippen LogP contribution >= 0.6 is 24.0 Å². The number of nitrogens with one attached hydrogen (secondary N) is 2. The summed E-state index contributed by atoms with van der Waals surface area (Å²) in [4.78, 5) is 20.8. The number of likely N-dealkylation sites (N-methyl/N-ethyl adjacent to an activating group) is 1. The highest BCUT2D eigenvalue weighted by molar-refractivity contribution is 14.0. The third kappa shape index (κ3) is 8.17. The van der Waals surface area contributed by atoms with Gasteiger partial charge in [0, 0.05) is 20.6 Å². The highest BCUT2D eigenvalue weighted by Crippen LogP contribution is 2.24. The Bertz CT molecular complexity index is 790. The summed E-state index contributed by atoms with van der Waals surface area (Å²) in [6.45, 7) is 3.53. The van der Waals surface area contributed by atoms with Crippen molar-refractivity contribution in [2.45, 2.75) is 31.8 Å². The second-order valence-electron chi connectivity index (χ2n) is 7.80. The van der Waals surface area contributed by atoms with Crippen molar-refractivity contribution >= 4 is 35.8 Å².